The van der Waals surface area contributed by atoms with E-state index >= 15 is 0 Å². The molecule has 116 valence electrons. The average Bonchev–Trinajstić information content (AvgIpc) is 3.00. The quantitative estimate of drug-likeness (QED) is 0.788. The molecule has 1 amide bonds. The summed E-state index contributed by atoms with van der Waals surface area (Å²) >= 11 is 0. The summed E-state index contributed by atoms with van der Waals surface area (Å²) in [5.74, 6) is 0.473. The van der Waals surface area contributed by atoms with Crippen LogP contribution in [0.2, 0.25) is 0 Å². The van der Waals surface area contributed by atoms with Gasteiger partial charge in [0.1, 0.15) is 0 Å². The van der Waals surface area contributed by atoms with E-state index in [0.29, 0.717) is 5.92 Å². The van der Waals surface area contributed by atoms with Crippen molar-refractivity contribution in [3.8, 4) is 0 Å². The van der Waals surface area contributed by atoms with Crippen molar-refractivity contribution in [2.75, 3.05) is 25.9 Å². The fourth-order valence-electron chi connectivity index (χ4n) is 2.65. The van der Waals surface area contributed by atoms with Gasteiger partial charge in [0.05, 0.1) is 10.8 Å². The Kier molecular flexibility index (Phi) is 4.44. The molecule has 1 aliphatic heterocycles. The largest absolute Gasteiger partial charge is 0.353 e. The standard InChI is InChI=1S/C14H26N2O3S/c1-14(2,20(3,18)19)10-15-13(17)12(11-6-7-11)16-8-4-5-9-16/h11-12H,4-10H2,1-3H3,(H,15,17). The molecule has 1 saturated heterocycles. The maximum atomic E-state index is 12.4. The number of likely N-dealkylation sites (tertiary alicyclic amines) is 1. The van der Waals surface area contributed by atoms with Gasteiger partial charge >= 0.3 is 0 Å². The molecule has 0 aromatic heterocycles. The van der Waals surface area contributed by atoms with E-state index in [1.165, 1.54) is 6.26 Å². The Hall–Kier alpha value is -0.620. The van der Waals surface area contributed by atoms with Gasteiger partial charge in [-0.15, -0.1) is 0 Å². The minimum atomic E-state index is -3.18. The van der Waals surface area contributed by atoms with Crippen LogP contribution >= 0.6 is 0 Å². The maximum absolute atomic E-state index is 12.4. The highest BCUT2D eigenvalue weighted by atomic mass is 32.2. The molecule has 20 heavy (non-hydrogen) atoms. The van der Waals surface area contributed by atoms with E-state index in [1.54, 1.807) is 13.8 Å². The first-order valence-corrected chi connectivity index (χ1v) is 9.33. The van der Waals surface area contributed by atoms with Crippen molar-refractivity contribution >= 4 is 15.7 Å². The maximum Gasteiger partial charge on any atom is 0.237 e. The van der Waals surface area contributed by atoms with Crippen LogP contribution in [0, 0.1) is 5.92 Å². The summed E-state index contributed by atoms with van der Waals surface area (Å²) in [6, 6.07) is -0.0483. The Morgan fingerprint density at radius 3 is 2.30 bits per heavy atom. The lowest BCUT2D eigenvalue weighted by molar-refractivity contribution is -0.126. The normalized spacial score (nSPS) is 22.8. The molecule has 2 fully saturated rings. The number of amides is 1. The molecule has 1 unspecified atom stereocenters. The molecule has 5 nitrogen and oxygen atoms in total. The summed E-state index contributed by atoms with van der Waals surface area (Å²) < 4.78 is 22.4. The minimum Gasteiger partial charge on any atom is -0.353 e. The third kappa shape index (κ3) is 3.52. The van der Waals surface area contributed by atoms with Gasteiger partial charge < -0.3 is 5.32 Å². The zero-order chi connectivity index (χ0) is 15.0. The van der Waals surface area contributed by atoms with Gasteiger partial charge in [0.25, 0.3) is 0 Å². The first-order chi connectivity index (χ1) is 9.22. The van der Waals surface area contributed by atoms with Crippen molar-refractivity contribution in [1.29, 1.82) is 0 Å². The van der Waals surface area contributed by atoms with Crippen LogP contribution < -0.4 is 5.32 Å². The fraction of sp³-hybridized carbons (Fsp3) is 0.929. The molecule has 0 radical (unpaired) electrons. The van der Waals surface area contributed by atoms with E-state index in [4.69, 9.17) is 0 Å². The molecule has 1 saturated carbocycles. The monoisotopic (exact) mass is 302 g/mol. The molecule has 1 atom stereocenters. The zero-order valence-electron chi connectivity index (χ0n) is 12.7. The second-order valence-electron chi connectivity index (χ2n) is 6.78. The van der Waals surface area contributed by atoms with E-state index in [0.717, 1.165) is 38.8 Å². The van der Waals surface area contributed by atoms with E-state index in [1.807, 2.05) is 0 Å². The van der Waals surface area contributed by atoms with Crippen LogP contribution in [0.3, 0.4) is 0 Å². The summed E-state index contributed by atoms with van der Waals surface area (Å²) in [6.45, 7) is 5.48. The van der Waals surface area contributed by atoms with Crippen LogP contribution in [0.5, 0.6) is 0 Å². The predicted octanol–water partition coefficient (Wildman–Crippen LogP) is 0.800. The molecule has 2 aliphatic rings. The van der Waals surface area contributed by atoms with Gasteiger partial charge in [0.2, 0.25) is 5.91 Å². The average molecular weight is 302 g/mol. The Bertz CT molecular complexity index is 463. The number of rotatable bonds is 6. The Labute approximate surface area is 122 Å². The third-order valence-electron chi connectivity index (χ3n) is 4.56. The number of carbonyl (C=O) groups excluding carboxylic acids is 1. The number of hydrogen-bond donors (Lipinski definition) is 1. The van der Waals surface area contributed by atoms with Gasteiger partial charge in [-0.05, 0) is 58.5 Å². The van der Waals surface area contributed by atoms with Crippen molar-refractivity contribution in [3.63, 3.8) is 0 Å². The molecule has 1 N–H and O–H groups in total. The summed E-state index contributed by atoms with van der Waals surface area (Å²) in [5, 5.41) is 2.87. The van der Waals surface area contributed by atoms with Crippen molar-refractivity contribution < 1.29 is 13.2 Å². The lowest BCUT2D eigenvalue weighted by Crippen LogP contribution is -2.51. The molecule has 0 aromatic carbocycles. The number of nitrogens with zero attached hydrogens (tertiary/aromatic N) is 1. The van der Waals surface area contributed by atoms with E-state index in [9.17, 15) is 13.2 Å². The molecule has 0 spiro atoms. The lowest BCUT2D eigenvalue weighted by atomic mass is 10.1. The van der Waals surface area contributed by atoms with Gasteiger partial charge in [0.15, 0.2) is 9.84 Å². The number of sulfone groups is 1. The van der Waals surface area contributed by atoms with Crippen molar-refractivity contribution in [3.05, 3.63) is 0 Å². The van der Waals surface area contributed by atoms with Crippen molar-refractivity contribution in [2.45, 2.75) is 50.3 Å². The number of carbonyl (C=O) groups is 1. The van der Waals surface area contributed by atoms with Crippen LogP contribution in [0.15, 0.2) is 0 Å². The van der Waals surface area contributed by atoms with E-state index in [-0.39, 0.29) is 18.5 Å². The molecule has 0 aromatic rings. The summed E-state index contributed by atoms with van der Waals surface area (Å²) in [5.41, 5.74) is 0. The molecule has 6 heteroatoms. The lowest BCUT2D eigenvalue weighted by Gasteiger charge is -2.29. The Morgan fingerprint density at radius 2 is 1.85 bits per heavy atom. The summed E-state index contributed by atoms with van der Waals surface area (Å²) in [6.07, 6.45) is 5.77. The minimum absolute atomic E-state index is 0.00567. The molecule has 1 heterocycles. The molecular formula is C14H26N2O3S. The highest BCUT2D eigenvalue weighted by Crippen LogP contribution is 2.36. The summed E-state index contributed by atoms with van der Waals surface area (Å²) in [4.78, 5) is 14.7. The van der Waals surface area contributed by atoms with Crippen LogP contribution in [0.1, 0.15) is 39.5 Å². The zero-order valence-corrected chi connectivity index (χ0v) is 13.5. The predicted molar refractivity (Wildman–Crippen MR) is 79.3 cm³/mol. The Balaban J connectivity index is 1.95. The van der Waals surface area contributed by atoms with Crippen molar-refractivity contribution in [1.82, 2.24) is 10.2 Å². The van der Waals surface area contributed by atoms with Gasteiger partial charge in [-0.3, -0.25) is 9.69 Å². The molecule has 0 bridgehead atoms. The second-order valence-corrected chi connectivity index (χ2v) is 9.42. The molecule has 1 aliphatic carbocycles. The first-order valence-electron chi connectivity index (χ1n) is 7.44. The SMILES string of the molecule is CC(C)(CNC(=O)C(C1CC1)N1CCCC1)S(C)(=O)=O. The van der Waals surface area contributed by atoms with E-state index < -0.39 is 14.6 Å². The molecule has 2 rings (SSSR count). The van der Waals surface area contributed by atoms with Gasteiger partial charge in [-0.25, -0.2) is 8.42 Å². The topological polar surface area (TPSA) is 66.5 Å². The number of hydrogen-bond acceptors (Lipinski definition) is 4. The van der Waals surface area contributed by atoms with Crippen LogP contribution in [-0.2, 0) is 14.6 Å². The van der Waals surface area contributed by atoms with Crippen LogP contribution in [0.4, 0.5) is 0 Å². The van der Waals surface area contributed by atoms with Gasteiger partial charge in [-0.2, -0.15) is 0 Å². The molecular weight excluding hydrogens is 276 g/mol. The van der Waals surface area contributed by atoms with Gasteiger partial charge in [-0.1, -0.05) is 0 Å². The van der Waals surface area contributed by atoms with Gasteiger partial charge in [0, 0.05) is 12.8 Å². The fourth-order valence-corrected chi connectivity index (χ4v) is 2.98. The van der Waals surface area contributed by atoms with E-state index in [2.05, 4.69) is 10.2 Å². The number of nitrogens with one attached hydrogen (secondary N) is 1. The Morgan fingerprint density at radius 1 is 1.30 bits per heavy atom. The second kappa shape index (κ2) is 5.64. The smallest absolute Gasteiger partial charge is 0.237 e. The highest BCUT2D eigenvalue weighted by molar-refractivity contribution is 7.92. The van der Waals surface area contributed by atoms with Crippen LogP contribution in [0.25, 0.3) is 0 Å². The third-order valence-corrected chi connectivity index (χ3v) is 6.72. The first kappa shape index (κ1) is 15.8. The van der Waals surface area contributed by atoms with Crippen molar-refractivity contribution in [2.24, 2.45) is 5.92 Å². The highest BCUT2D eigenvalue weighted by Gasteiger charge is 2.41. The van der Waals surface area contributed by atoms with Crippen LogP contribution in [-0.4, -0.2) is 55.9 Å². The summed E-state index contributed by atoms with van der Waals surface area (Å²) in [7, 11) is -3.18.